The fourth-order valence-corrected chi connectivity index (χ4v) is 6.20. The van der Waals surface area contributed by atoms with Crippen molar-refractivity contribution in [2.75, 3.05) is 0 Å². The third-order valence-electron chi connectivity index (χ3n) is 6.91. The third-order valence-corrected chi connectivity index (χ3v) is 8.18. The Hall–Kier alpha value is -4.64. The zero-order valence-electron chi connectivity index (χ0n) is 22.8. The Bertz CT molecular complexity index is 1800. The maximum Gasteiger partial charge on any atom is 0.323 e. The lowest BCUT2D eigenvalue weighted by atomic mass is 10.0. The summed E-state index contributed by atoms with van der Waals surface area (Å²) in [6.07, 6.45) is 1.20. The molecule has 3 aromatic heterocycles. The van der Waals surface area contributed by atoms with E-state index in [4.69, 9.17) is 0 Å². The standard InChI is InChI=1S/C30H28FN5O4S/c1-4-18-14-22(28(39)21-11-6-8-12-23(21)31)30(41-18)36-17(3)33-34-25(36)15-32-29(40)27-19(5-2)20-10-7-9-13-24(20)35(27)16-26(37)38/h6-14H,4-5,15-16H2,1-3H3,(H,32,40)(H,37,38). The third kappa shape index (κ3) is 5.16. The number of amides is 1. The van der Waals surface area contributed by atoms with E-state index in [9.17, 15) is 23.9 Å². The molecule has 0 saturated carbocycles. The van der Waals surface area contributed by atoms with Crippen LogP contribution in [0, 0.1) is 12.7 Å². The molecule has 3 heterocycles. The number of para-hydroxylation sites is 1. The molecule has 0 saturated heterocycles. The highest BCUT2D eigenvalue weighted by molar-refractivity contribution is 7.15. The fraction of sp³-hybridized carbons (Fsp3) is 0.233. The number of carbonyl (C=O) groups excluding carboxylic acids is 2. The van der Waals surface area contributed by atoms with E-state index in [-0.39, 0.29) is 24.3 Å². The molecule has 0 atom stereocenters. The van der Waals surface area contributed by atoms with Crippen molar-refractivity contribution in [1.29, 1.82) is 0 Å². The van der Waals surface area contributed by atoms with E-state index in [1.807, 2.05) is 26.0 Å². The number of ketones is 1. The van der Waals surface area contributed by atoms with Crippen LogP contribution in [0.2, 0.25) is 0 Å². The Morgan fingerprint density at radius 2 is 1.73 bits per heavy atom. The van der Waals surface area contributed by atoms with Crippen LogP contribution in [0.1, 0.15) is 62.3 Å². The average Bonchev–Trinajstić information content (AvgIpc) is 3.64. The highest BCUT2D eigenvalue weighted by atomic mass is 32.1. The highest BCUT2D eigenvalue weighted by Gasteiger charge is 2.26. The number of hydrogen-bond acceptors (Lipinski definition) is 6. The van der Waals surface area contributed by atoms with Crippen LogP contribution in [0.25, 0.3) is 15.9 Å². The summed E-state index contributed by atoms with van der Waals surface area (Å²) in [6, 6.07) is 14.9. The van der Waals surface area contributed by atoms with Gasteiger partial charge in [-0.15, -0.1) is 21.5 Å². The highest BCUT2D eigenvalue weighted by Crippen LogP contribution is 2.32. The molecule has 0 radical (unpaired) electrons. The number of nitrogens with zero attached hydrogens (tertiary/aromatic N) is 4. The van der Waals surface area contributed by atoms with E-state index in [0.29, 0.717) is 40.6 Å². The number of halogens is 1. The van der Waals surface area contributed by atoms with Crippen LogP contribution in [0.5, 0.6) is 0 Å². The zero-order chi connectivity index (χ0) is 29.3. The predicted molar refractivity (Wildman–Crippen MR) is 153 cm³/mol. The number of carbonyl (C=O) groups is 3. The minimum atomic E-state index is -1.06. The second-order valence-electron chi connectivity index (χ2n) is 9.45. The molecule has 0 bridgehead atoms. The molecule has 0 fully saturated rings. The lowest BCUT2D eigenvalue weighted by molar-refractivity contribution is -0.137. The molecule has 0 unspecified atom stereocenters. The summed E-state index contributed by atoms with van der Waals surface area (Å²) in [7, 11) is 0. The minimum Gasteiger partial charge on any atom is -0.480 e. The van der Waals surface area contributed by atoms with Crippen LogP contribution in [0.3, 0.4) is 0 Å². The number of hydrogen-bond donors (Lipinski definition) is 2. The van der Waals surface area contributed by atoms with E-state index in [1.165, 1.54) is 34.1 Å². The normalized spacial score (nSPS) is 11.2. The smallest absolute Gasteiger partial charge is 0.323 e. The summed E-state index contributed by atoms with van der Waals surface area (Å²) in [5.74, 6) is -1.70. The van der Waals surface area contributed by atoms with Gasteiger partial charge in [-0.2, -0.15) is 0 Å². The van der Waals surface area contributed by atoms with Crippen molar-refractivity contribution >= 4 is 39.9 Å². The van der Waals surface area contributed by atoms with Crippen LogP contribution in [0.4, 0.5) is 4.39 Å². The van der Waals surface area contributed by atoms with E-state index in [0.717, 1.165) is 15.8 Å². The van der Waals surface area contributed by atoms with Gasteiger partial charge in [0.15, 0.2) is 11.6 Å². The Balaban J connectivity index is 1.51. The maximum absolute atomic E-state index is 14.5. The van der Waals surface area contributed by atoms with Gasteiger partial charge in [-0.05, 0) is 49.6 Å². The number of rotatable bonds is 10. The van der Waals surface area contributed by atoms with Crippen LogP contribution in [0.15, 0.2) is 54.6 Å². The lowest BCUT2D eigenvalue weighted by Crippen LogP contribution is -2.29. The number of nitrogens with one attached hydrogen (secondary N) is 1. The summed E-state index contributed by atoms with van der Waals surface area (Å²) >= 11 is 1.38. The number of aliphatic carboxylic acids is 1. The molecule has 11 heteroatoms. The van der Waals surface area contributed by atoms with Crippen molar-refractivity contribution in [2.45, 2.75) is 46.7 Å². The summed E-state index contributed by atoms with van der Waals surface area (Å²) in [4.78, 5) is 39.7. The second-order valence-corrected chi connectivity index (χ2v) is 10.6. The number of aromatic nitrogens is 4. The molecule has 9 nitrogen and oxygen atoms in total. The Morgan fingerprint density at radius 3 is 2.44 bits per heavy atom. The summed E-state index contributed by atoms with van der Waals surface area (Å²) < 4.78 is 17.7. The van der Waals surface area contributed by atoms with Gasteiger partial charge in [0.05, 0.1) is 17.7 Å². The fourth-order valence-electron chi connectivity index (χ4n) is 5.04. The first-order chi connectivity index (χ1) is 19.7. The molecule has 0 aliphatic heterocycles. The van der Waals surface area contributed by atoms with Gasteiger partial charge in [0.1, 0.15) is 28.9 Å². The van der Waals surface area contributed by atoms with Crippen molar-refractivity contribution < 1.29 is 23.9 Å². The average molecular weight is 574 g/mol. The molecule has 0 aliphatic carbocycles. The minimum absolute atomic E-state index is 0.0341. The molecule has 210 valence electrons. The Morgan fingerprint density at radius 1 is 1.00 bits per heavy atom. The van der Waals surface area contributed by atoms with Crippen molar-refractivity contribution in [2.24, 2.45) is 0 Å². The van der Waals surface area contributed by atoms with Crippen LogP contribution in [-0.2, 0) is 30.7 Å². The lowest BCUT2D eigenvalue weighted by Gasteiger charge is -2.12. The van der Waals surface area contributed by atoms with Crippen molar-refractivity contribution in [3.05, 3.63) is 99.3 Å². The number of thiophene rings is 1. The maximum atomic E-state index is 14.5. The first-order valence-electron chi connectivity index (χ1n) is 13.2. The molecular formula is C30H28FN5O4S. The first kappa shape index (κ1) is 27.9. The molecule has 2 aromatic carbocycles. The van der Waals surface area contributed by atoms with Gasteiger partial charge in [-0.3, -0.25) is 19.0 Å². The largest absolute Gasteiger partial charge is 0.480 e. The molecule has 1 amide bonds. The van der Waals surface area contributed by atoms with E-state index >= 15 is 0 Å². The Kier molecular flexibility index (Phi) is 7.80. The van der Waals surface area contributed by atoms with Crippen LogP contribution in [-0.4, -0.2) is 42.1 Å². The molecule has 0 aliphatic rings. The number of benzene rings is 2. The number of fused-ring (bicyclic) bond motifs is 1. The molecule has 0 spiro atoms. The quantitative estimate of drug-likeness (QED) is 0.224. The van der Waals surface area contributed by atoms with Crippen molar-refractivity contribution in [1.82, 2.24) is 24.6 Å². The van der Waals surface area contributed by atoms with Gasteiger partial charge < -0.3 is 15.0 Å². The van der Waals surface area contributed by atoms with Crippen molar-refractivity contribution in [3.8, 4) is 5.00 Å². The van der Waals surface area contributed by atoms with E-state index < -0.39 is 23.5 Å². The number of carboxylic acid groups (broad SMARTS) is 1. The van der Waals surface area contributed by atoms with Gasteiger partial charge in [0.2, 0.25) is 0 Å². The van der Waals surface area contributed by atoms with Gasteiger partial charge in [0, 0.05) is 15.8 Å². The Labute approximate surface area is 239 Å². The number of aryl methyl sites for hydroxylation is 3. The van der Waals surface area contributed by atoms with Gasteiger partial charge >= 0.3 is 5.97 Å². The second kappa shape index (κ2) is 11.5. The molecule has 5 aromatic rings. The topological polar surface area (TPSA) is 119 Å². The predicted octanol–water partition coefficient (Wildman–Crippen LogP) is 5.10. The van der Waals surface area contributed by atoms with E-state index in [2.05, 4.69) is 15.5 Å². The van der Waals surface area contributed by atoms with Crippen molar-refractivity contribution in [3.63, 3.8) is 0 Å². The molecule has 41 heavy (non-hydrogen) atoms. The van der Waals surface area contributed by atoms with Gasteiger partial charge in [-0.1, -0.05) is 44.2 Å². The van der Waals surface area contributed by atoms with Gasteiger partial charge in [-0.25, -0.2) is 4.39 Å². The van der Waals surface area contributed by atoms with Gasteiger partial charge in [0.25, 0.3) is 5.91 Å². The molecule has 2 N–H and O–H groups in total. The number of carboxylic acids is 1. The molecule has 5 rings (SSSR count). The zero-order valence-corrected chi connectivity index (χ0v) is 23.6. The van der Waals surface area contributed by atoms with E-state index in [1.54, 1.807) is 35.8 Å². The summed E-state index contributed by atoms with van der Waals surface area (Å²) in [6.45, 7) is 5.22. The monoisotopic (exact) mass is 573 g/mol. The summed E-state index contributed by atoms with van der Waals surface area (Å²) in [5, 5.41) is 22.3. The molecular weight excluding hydrogens is 545 g/mol. The summed E-state index contributed by atoms with van der Waals surface area (Å²) in [5.41, 5.74) is 1.98. The SMILES string of the molecule is CCc1cc(C(=O)c2ccccc2F)c(-n2c(C)nnc2CNC(=O)c2c(CC)c3ccccc3n2CC(=O)O)s1. The van der Waals surface area contributed by atoms with Crippen LogP contribution < -0.4 is 5.32 Å². The van der Waals surface area contributed by atoms with Crippen LogP contribution >= 0.6 is 11.3 Å². The first-order valence-corrected chi connectivity index (χ1v) is 14.0.